The number of alkyl halides is 1. The van der Waals surface area contributed by atoms with Crippen LogP contribution in [0.3, 0.4) is 0 Å². The van der Waals surface area contributed by atoms with E-state index in [4.69, 9.17) is 5.11 Å². The minimum absolute atomic E-state index is 0.306. The van der Waals surface area contributed by atoms with Gasteiger partial charge in [-0.3, -0.25) is 0 Å². The highest BCUT2D eigenvalue weighted by Gasteiger charge is 2.14. The Morgan fingerprint density at radius 1 is 1.38 bits per heavy atom. The molecule has 2 nitrogen and oxygen atoms in total. The highest BCUT2D eigenvalue weighted by Crippen LogP contribution is 2.27. The van der Waals surface area contributed by atoms with Crippen molar-refractivity contribution in [3.8, 4) is 0 Å². The van der Waals surface area contributed by atoms with Crippen molar-refractivity contribution < 1.29 is 9.90 Å². The molecule has 0 atom stereocenters. The van der Waals surface area contributed by atoms with Crippen LogP contribution in [0.4, 0.5) is 0 Å². The van der Waals surface area contributed by atoms with E-state index in [-0.39, 0.29) is 0 Å². The largest absolute Gasteiger partial charge is 0.478 e. The average molecular weight is 373 g/mol. The Morgan fingerprint density at radius 2 is 2.00 bits per heavy atom. The quantitative estimate of drug-likeness (QED) is 0.802. The third kappa shape index (κ3) is 2.54. The number of halogens is 3. The van der Waals surface area contributed by atoms with Gasteiger partial charge in [0.15, 0.2) is 0 Å². The molecule has 70 valence electrons. The summed E-state index contributed by atoms with van der Waals surface area (Å²) in [5.74, 6) is -0.922. The van der Waals surface area contributed by atoms with Crippen molar-refractivity contribution >= 4 is 53.8 Å². The summed E-state index contributed by atoms with van der Waals surface area (Å²) < 4.78 is 1.45. The van der Waals surface area contributed by atoms with Gasteiger partial charge in [0.05, 0.1) is 5.56 Å². The van der Waals surface area contributed by atoms with Gasteiger partial charge in [0, 0.05) is 14.3 Å². The molecule has 0 aliphatic rings. The van der Waals surface area contributed by atoms with Gasteiger partial charge in [-0.25, -0.2) is 4.79 Å². The Morgan fingerprint density at radius 3 is 2.46 bits per heavy atom. The molecule has 0 spiro atoms. The third-order valence-electron chi connectivity index (χ3n) is 1.49. The van der Waals surface area contributed by atoms with E-state index in [1.807, 2.05) is 0 Å². The summed E-state index contributed by atoms with van der Waals surface area (Å²) >= 11 is 9.74. The predicted molar refractivity (Wildman–Crippen MR) is 61.4 cm³/mol. The minimum Gasteiger partial charge on any atom is -0.478 e. The molecule has 13 heavy (non-hydrogen) atoms. The number of aromatic carboxylic acids is 1. The fourth-order valence-corrected chi connectivity index (χ4v) is 2.90. The summed E-state index contributed by atoms with van der Waals surface area (Å²) in [7, 11) is 0. The van der Waals surface area contributed by atoms with E-state index in [2.05, 4.69) is 47.8 Å². The molecule has 0 heterocycles. The Balaban J connectivity index is 3.38. The minimum atomic E-state index is -0.922. The predicted octanol–water partition coefficient (Wildman–Crippen LogP) is 3.80. The van der Waals surface area contributed by atoms with Crippen LogP contribution in [0.15, 0.2) is 21.1 Å². The fraction of sp³-hybridized carbons (Fsp3) is 0.125. The van der Waals surface area contributed by atoms with Gasteiger partial charge in [-0.05, 0) is 33.6 Å². The topological polar surface area (TPSA) is 37.3 Å². The number of carboxylic acid groups (broad SMARTS) is 1. The van der Waals surface area contributed by atoms with Crippen LogP contribution in [0.2, 0.25) is 0 Å². The summed E-state index contributed by atoms with van der Waals surface area (Å²) in [6.45, 7) is 0. The first-order valence-electron chi connectivity index (χ1n) is 3.33. The molecule has 0 unspecified atom stereocenters. The molecule has 0 saturated heterocycles. The van der Waals surface area contributed by atoms with Gasteiger partial charge in [0.2, 0.25) is 0 Å². The summed E-state index contributed by atoms with van der Waals surface area (Å²) in [5, 5.41) is 9.42. The second kappa shape index (κ2) is 4.57. The van der Waals surface area contributed by atoms with Crippen molar-refractivity contribution in [3.05, 3.63) is 32.2 Å². The van der Waals surface area contributed by atoms with E-state index in [0.29, 0.717) is 15.4 Å². The summed E-state index contributed by atoms with van der Waals surface area (Å²) in [6, 6.07) is 3.50. The van der Waals surface area contributed by atoms with Crippen LogP contribution in [-0.4, -0.2) is 11.1 Å². The monoisotopic (exact) mass is 370 g/mol. The van der Waals surface area contributed by atoms with Crippen LogP contribution in [0.5, 0.6) is 0 Å². The Labute approximate surface area is 101 Å². The smallest absolute Gasteiger partial charge is 0.337 e. The average Bonchev–Trinajstić information content (AvgIpc) is 2.01. The standard InChI is InChI=1S/C8H5Br3O2/c9-3-4-1-5(10)2-6(11)7(4)8(12)13/h1-2H,3H2,(H,12,13). The molecule has 0 fully saturated rings. The summed E-state index contributed by atoms with van der Waals surface area (Å²) in [5.41, 5.74) is 1.05. The zero-order valence-electron chi connectivity index (χ0n) is 6.35. The lowest BCUT2D eigenvalue weighted by atomic mass is 10.1. The number of carboxylic acids is 1. The maximum Gasteiger partial charge on any atom is 0.337 e. The maximum absolute atomic E-state index is 10.8. The molecular weight excluding hydrogens is 368 g/mol. The maximum atomic E-state index is 10.8. The van der Waals surface area contributed by atoms with E-state index in [0.717, 1.165) is 10.0 Å². The van der Waals surface area contributed by atoms with Gasteiger partial charge < -0.3 is 5.11 Å². The highest BCUT2D eigenvalue weighted by molar-refractivity contribution is 9.11. The molecule has 5 heteroatoms. The lowest BCUT2D eigenvalue weighted by Crippen LogP contribution is -2.02. The van der Waals surface area contributed by atoms with Crippen LogP contribution in [0.1, 0.15) is 15.9 Å². The lowest BCUT2D eigenvalue weighted by molar-refractivity contribution is 0.0695. The summed E-state index contributed by atoms with van der Waals surface area (Å²) in [4.78, 5) is 10.8. The highest BCUT2D eigenvalue weighted by atomic mass is 79.9. The number of benzene rings is 1. The first kappa shape index (κ1) is 11.2. The van der Waals surface area contributed by atoms with Gasteiger partial charge in [-0.15, -0.1) is 0 Å². The second-order valence-corrected chi connectivity index (χ2v) is 4.69. The van der Waals surface area contributed by atoms with Gasteiger partial charge in [-0.1, -0.05) is 31.9 Å². The van der Waals surface area contributed by atoms with Crippen LogP contribution in [-0.2, 0) is 5.33 Å². The van der Waals surface area contributed by atoms with Crippen LogP contribution in [0.25, 0.3) is 0 Å². The van der Waals surface area contributed by atoms with Crippen LogP contribution in [0, 0.1) is 0 Å². The molecule has 0 saturated carbocycles. The molecule has 1 aromatic carbocycles. The van der Waals surface area contributed by atoms with Crippen molar-refractivity contribution in [2.45, 2.75) is 5.33 Å². The number of rotatable bonds is 2. The molecule has 0 radical (unpaired) electrons. The molecule has 1 N–H and O–H groups in total. The fourth-order valence-electron chi connectivity index (χ4n) is 0.972. The number of hydrogen-bond acceptors (Lipinski definition) is 1. The van der Waals surface area contributed by atoms with E-state index >= 15 is 0 Å². The zero-order valence-corrected chi connectivity index (χ0v) is 11.1. The number of carbonyl (C=O) groups is 1. The van der Waals surface area contributed by atoms with Crippen molar-refractivity contribution in [3.63, 3.8) is 0 Å². The molecule has 0 aromatic heterocycles. The zero-order chi connectivity index (χ0) is 10.0. The SMILES string of the molecule is O=C(O)c1c(Br)cc(Br)cc1CBr. The van der Waals surface area contributed by atoms with E-state index in [1.165, 1.54) is 0 Å². The van der Waals surface area contributed by atoms with Gasteiger partial charge in [-0.2, -0.15) is 0 Å². The lowest BCUT2D eigenvalue weighted by Gasteiger charge is -2.05. The number of hydrogen-bond donors (Lipinski definition) is 1. The molecule has 1 rings (SSSR count). The molecule has 0 amide bonds. The Hall–Kier alpha value is 0.130. The Bertz CT molecular complexity index is 349. The molecule has 0 bridgehead atoms. The van der Waals surface area contributed by atoms with E-state index in [9.17, 15) is 4.79 Å². The van der Waals surface area contributed by atoms with Crippen molar-refractivity contribution in [2.24, 2.45) is 0 Å². The van der Waals surface area contributed by atoms with Crippen molar-refractivity contribution in [2.75, 3.05) is 0 Å². The van der Waals surface area contributed by atoms with Crippen LogP contribution >= 0.6 is 47.8 Å². The first-order valence-corrected chi connectivity index (χ1v) is 6.04. The third-order valence-corrected chi connectivity index (χ3v) is 3.18. The summed E-state index contributed by atoms with van der Waals surface area (Å²) in [6.07, 6.45) is 0. The van der Waals surface area contributed by atoms with Gasteiger partial charge in [0.1, 0.15) is 0 Å². The van der Waals surface area contributed by atoms with Crippen molar-refractivity contribution in [1.29, 1.82) is 0 Å². The first-order chi connectivity index (χ1) is 6.06. The van der Waals surface area contributed by atoms with Crippen molar-refractivity contribution in [1.82, 2.24) is 0 Å². The normalized spacial score (nSPS) is 10.1. The molecule has 1 aromatic rings. The van der Waals surface area contributed by atoms with Crippen LogP contribution < -0.4 is 0 Å². The van der Waals surface area contributed by atoms with Gasteiger partial charge >= 0.3 is 5.97 Å². The molecule has 0 aliphatic heterocycles. The molecular formula is C8H5Br3O2. The molecule has 0 aliphatic carbocycles. The van der Waals surface area contributed by atoms with E-state index in [1.54, 1.807) is 12.1 Å². The Kier molecular flexibility index (Phi) is 3.94. The second-order valence-electron chi connectivity index (χ2n) is 2.36. The van der Waals surface area contributed by atoms with E-state index < -0.39 is 5.97 Å². The van der Waals surface area contributed by atoms with Gasteiger partial charge in [0.25, 0.3) is 0 Å².